The number of fused-ring (bicyclic) bond motifs is 9. The van der Waals surface area contributed by atoms with Gasteiger partial charge in [0.05, 0.1) is 27.8 Å². The molecule has 0 bridgehead atoms. The van der Waals surface area contributed by atoms with E-state index in [9.17, 15) is 0 Å². The smallest absolute Gasteiger partial charge is 0.127 e. The molecule has 0 spiro atoms. The lowest BCUT2D eigenvalue weighted by atomic mass is 9.95. The molecule has 0 saturated carbocycles. The number of hydrogen-bond donors (Lipinski definition) is 0. The predicted molar refractivity (Wildman–Crippen MR) is 216 cm³/mol. The van der Waals surface area contributed by atoms with Crippen LogP contribution in [-0.4, -0.2) is 9.13 Å². The van der Waals surface area contributed by atoms with Crippen molar-refractivity contribution in [2.45, 2.75) is 6.61 Å². The minimum Gasteiger partial charge on any atom is -0.488 e. The first kappa shape index (κ1) is 28.9. The Hall–Kier alpha value is -6.84. The summed E-state index contributed by atoms with van der Waals surface area (Å²) in [5, 5.41) is 4.99. The van der Waals surface area contributed by atoms with Gasteiger partial charge in [-0.3, -0.25) is 0 Å². The highest BCUT2D eigenvalue weighted by atomic mass is 16.5. The van der Waals surface area contributed by atoms with E-state index in [0.717, 1.165) is 17.0 Å². The Bertz CT molecular complexity index is 3000. The van der Waals surface area contributed by atoms with Crippen LogP contribution in [-0.2, 0) is 6.61 Å². The van der Waals surface area contributed by atoms with E-state index >= 15 is 0 Å². The molecule has 0 N–H and O–H groups in total. The van der Waals surface area contributed by atoms with Crippen LogP contribution in [0.1, 0.15) is 5.56 Å². The Morgan fingerprint density at radius 1 is 0.385 bits per heavy atom. The van der Waals surface area contributed by atoms with Crippen molar-refractivity contribution in [1.29, 1.82) is 0 Å². The number of benzene rings is 8. The maximum atomic E-state index is 6.16. The molecule has 2 aromatic heterocycles. The summed E-state index contributed by atoms with van der Waals surface area (Å²) in [6, 6.07) is 66.0. The molecule has 1 aliphatic rings. The molecule has 0 saturated heterocycles. The van der Waals surface area contributed by atoms with E-state index < -0.39 is 0 Å². The van der Waals surface area contributed by atoms with Crippen LogP contribution in [0.4, 0.5) is 0 Å². The van der Waals surface area contributed by atoms with Gasteiger partial charge in [0.1, 0.15) is 12.4 Å². The first-order chi connectivity index (χ1) is 25.8. The first-order valence-corrected chi connectivity index (χ1v) is 17.9. The highest BCUT2D eigenvalue weighted by Gasteiger charge is 2.23. The Morgan fingerprint density at radius 3 is 1.85 bits per heavy atom. The van der Waals surface area contributed by atoms with E-state index in [1.807, 2.05) is 6.07 Å². The molecule has 3 nitrogen and oxygen atoms in total. The van der Waals surface area contributed by atoms with Crippen LogP contribution >= 0.6 is 0 Å². The van der Waals surface area contributed by atoms with Crippen LogP contribution in [0.5, 0.6) is 5.75 Å². The van der Waals surface area contributed by atoms with E-state index in [1.54, 1.807) is 0 Å². The van der Waals surface area contributed by atoms with E-state index in [2.05, 4.69) is 185 Å². The summed E-state index contributed by atoms with van der Waals surface area (Å²) in [5.74, 6) is 0.936. The lowest BCUT2D eigenvalue weighted by Gasteiger charge is -2.24. The Labute approximate surface area is 301 Å². The maximum absolute atomic E-state index is 6.16. The zero-order valence-corrected chi connectivity index (χ0v) is 28.3. The molecule has 0 aliphatic carbocycles. The van der Waals surface area contributed by atoms with E-state index in [4.69, 9.17) is 4.74 Å². The molecular formula is C49H32N2O. The summed E-state index contributed by atoms with van der Waals surface area (Å²) < 4.78 is 11.0. The molecule has 10 aromatic rings. The monoisotopic (exact) mass is 664 g/mol. The number of para-hydroxylation sites is 3. The van der Waals surface area contributed by atoms with Gasteiger partial charge in [0.25, 0.3) is 0 Å². The molecule has 0 radical (unpaired) electrons. The highest BCUT2D eigenvalue weighted by molar-refractivity contribution is 6.13. The molecule has 0 amide bonds. The summed E-state index contributed by atoms with van der Waals surface area (Å²) >= 11 is 0. The zero-order valence-electron chi connectivity index (χ0n) is 28.3. The minimum absolute atomic E-state index is 0.567. The van der Waals surface area contributed by atoms with Gasteiger partial charge < -0.3 is 13.9 Å². The number of nitrogens with zero attached hydrogens (tertiary/aromatic N) is 2. The molecule has 0 fully saturated rings. The standard InChI is InChI=1S/C49H32N2O/c1-2-11-32(12-3-1)33-21-25-37(26-22-33)50-43-17-7-4-14-38(43)40-27-23-35(30-47(40)50)34-24-28-45-42(29-34)39-15-5-8-18-44(39)51(45)46-19-10-13-36-31-52-48-20-9-6-16-41(48)49(36)46/h1-30H,31H2. The second-order valence-electron chi connectivity index (χ2n) is 13.7. The number of hydrogen-bond acceptors (Lipinski definition) is 1. The highest BCUT2D eigenvalue weighted by Crippen LogP contribution is 2.44. The zero-order chi connectivity index (χ0) is 34.2. The molecule has 3 heteroatoms. The number of aromatic nitrogens is 2. The molecule has 8 aromatic carbocycles. The van der Waals surface area contributed by atoms with Crippen molar-refractivity contribution in [2.75, 3.05) is 0 Å². The Morgan fingerprint density at radius 2 is 1.00 bits per heavy atom. The van der Waals surface area contributed by atoms with E-state index in [-0.39, 0.29) is 0 Å². The lowest BCUT2D eigenvalue weighted by Crippen LogP contribution is -2.08. The van der Waals surface area contributed by atoms with Gasteiger partial charge in [-0.05, 0) is 82.4 Å². The average molecular weight is 665 g/mol. The van der Waals surface area contributed by atoms with Crippen molar-refractivity contribution >= 4 is 43.6 Å². The summed E-state index contributed by atoms with van der Waals surface area (Å²) in [7, 11) is 0. The second-order valence-corrected chi connectivity index (χ2v) is 13.7. The molecule has 52 heavy (non-hydrogen) atoms. The molecule has 244 valence electrons. The quantitative estimate of drug-likeness (QED) is 0.183. The first-order valence-electron chi connectivity index (χ1n) is 17.9. The van der Waals surface area contributed by atoms with Gasteiger partial charge in [-0.25, -0.2) is 0 Å². The molecular weight excluding hydrogens is 633 g/mol. The normalized spacial score (nSPS) is 12.3. The van der Waals surface area contributed by atoms with Crippen LogP contribution in [0, 0.1) is 0 Å². The van der Waals surface area contributed by atoms with Crippen molar-refractivity contribution in [1.82, 2.24) is 9.13 Å². The van der Waals surface area contributed by atoms with Crippen LogP contribution < -0.4 is 4.74 Å². The largest absolute Gasteiger partial charge is 0.488 e. The van der Waals surface area contributed by atoms with Crippen molar-refractivity contribution in [3.05, 3.63) is 188 Å². The third kappa shape index (κ3) is 4.33. The summed E-state index contributed by atoms with van der Waals surface area (Å²) in [6.07, 6.45) is 0. The van der Waals surface area contributed by atoms with Crippen LogP contribution in [0.2, 0.25) is 0 Å². The number of rotatable bonds is 4. The summed E-state index contributed by atoms with van der Waals surface area (Å²) in [5.41, 5.74) is 15.5. The maximum Gasteiger partial charge on any atom is 0.127 e. The van der Waals surface area contributed by atoms with Gasteiger partial charge in [-0.1, -0.05) is 127 Å². The SMILES string of the molecule is c1ccc(-c2ccc(-n3c4ccccc4c4ccc(-c5ccc6c(c5)c5ccccc5n6-c5cccc6c5-c5ccccc5OC6)cc43)cc2)cc1. The molecule has 0 atom stereocenters. The number of ether oxygens (including phenoxy) is 1. The van der Waals surface area contributed by atoms with Crippen LogP contribution in [0.3, 0.4) is 0 Å². The molecule has 11 rings (SSSR count). The fraction of sp³-hybridized carbons (Fsp3) is 0.0204. The van der Waals surface area contributed by atoms with Crippen molar-refractivity contribution in [3.8, 4) is 50.5 Å². The van der Waals surface area contributed by atoms with E-state index in [0.29, 0.717) is 6.61 Å². The Balaban J connectivity index is 1.09. The molecule has 1 aliphatic heterocycles. The van der Waals surface area contributed by atoms with Gasteiger partial charge in [0.2, 0.25) is 0 Å². The van der Waals surface area contributed by atoms with Gasteiger partial charge in [-0.2, -0.15) is 0 Å². The summed E-state index contributed by atoms with van der Waals surface area (Å²) in [4.78, 5) is 0. The van der Waals surface area contributed by atoms with Gasteiger partial charge in [0, 0.05) is 38.4 Å². The topological polar surface area (TPSA) is 19.1 Å². The second kappa shape index (κ2) is 11.3. The van der Waals surface area contributed by atoms with Crippen molar-refractivity contribution in [2.24, 2.45) is 0 Å². The average Bonchev–Trinajstić information content (AvgIpc) is 3.73. The third-order valence-corrected chi connectivity index (χ3v) is 10.8. The van der Waals surface area contributed by atoms with E-state index in [1.165, 1.54) is 82.7 Å². The third-order valence-electron chi connectivity index (χ3n) is 10.8. The minimum atomic E-state index is 0.567. The molecule has 0 unspecified atom stereocenters. The lowest BCUT2D eigenvalue weighted by molar-refractivity contribution is 0.302. The van der Waals surface area contributed by atoms with Crippen LogP contribution in [0.15, 0.2) is 182 Å². The van der Waals surface area contributed by atoms with Crippen LogP contribution in [0.25, 0.3) is 88.4 Å². The summed E-state index contributed by atoms with van der Waals surface area (Å²) in [6.45, 7) is 0.567. The fourth-order valence-corrected chi connectivity index (χ4v) is 8.43. The Kier molecular flexibility index (Phi) is 6.31. The molecule has 3 heterocycles. The van der Waals surface area contributed by atoms with Crippen molar-refractivity contribution in [3.63, 3.8) is 0 Å². The van der Waals surface area contributed by atoms with Gasteiger partial charge >= 0.3 is 0 Å². The fourth-order valence-electron chi connectivity index (χ4n) is 8.43. The van der Waals surface area contributed by atoms with Gasteiger partial charge in [0.15, 0.2) is 0 Å². The van der Waals surface area contributed by atoms with Crippen molar-refractivity contribution < 1.29 is 4.74 Å². The predicted octanol–water partition coefficient (Wildman–Crippen LogP) is 12.8. The van der Waals surface area contributed by atoms with Gasteiger partial charge in [-0.15, -0.1) is 0 Å².